The molecule has 26 heavy (non-hydrogen) atoms. The van der Waals surface area contributed by atoms with E-state index < -0.39 is 23.6 Å². The third-order valence-electron chi connectivity index (χ3n) is 3.77. The lowest BCUT2D eigenvalue weighted by atomic mass is 9.96. The number of hydrogen-bond donors (Lipinski definition) is 2. The fourth-order valence-corrected chi connectivity index (χ4v) is 2.33. The highest BCUT2D eigenvalue weighted by Crippen LogP contribution is 2.22. The number of hydrogen-bond acceptors (Lipinski definition) is 3. The minimum atomic E-state index is -4.78. The lowest BCUT2D eigenvalue weighted by Gasteiger charge is -2.23. The first-order chi connectivity index (χ1) is 12.1. The van der Waals surface area contributed by atoms with E-state index in [0.29, 0.717) is 12.8 Å². The van der Waals surface area contributed by atoms with E-state index in [9.17, 15) is 23.1 Å². The SMILES string of the molecule is C[C@@](O)(CCc1ccccc1)CNC(=O)c1ccc(OC(F)(F)F)cc1. The van der Waals surface area contributed by atoms with Crippen LogP contribution in [0.5, 0.6) is 5.75 Å². The number of carbonyl (C=O) groups is 1. The van der Waals surface area contributed by atoms with Crippen LogP contribution in [0.15, 0.2) is 54.6 Å². The summed E-state index contributed by atoms with van der Waals surface area (Å²) in [6.07, 6.45) is -3.66. The van der Waals surface area contributed by atoms with Crippen molar-refractivity contribution >= 4 is 5.91 Å². The molecule has 0 spiro atoms. The van der Waals surface area contributed by atoms with E-state index in [2.05, 4.69) is 10.1 Å². The Morgan fingerprint density at radius 2 is 1.69 bits per heavy atom. The molecule has 2 rings (SSSR count). The Morgan fingerprint density at radius 3 is 2.27 bits per heavy atom. The maximum Gasteiger partial charge on any atom is 0.573 e. The third-order valence-corrected chi connectivity index (χ3v) is 3.77. The number of carbonyl (C=O) groups excluding carboxylic acids is 1. The molecule has 0 saturated heterocycles. The van der Waals surface area contributed by atoms with Crippen molar-refractivity contribution in [3.8, 4) is 5.75 Å². The first kappa shape index (κ1) is 19.8. The van der Waals surface area contributed by atoms with Gasteiger partial charge in [-0.05, 0) is 49.6 Å². The number of amides is 1. The molecule has 2 N–H and O–H groups in total. The molecule has 0 fully saturated rings. The molecule has 1 amide bonds. The minimum Gasteiger partial charge on any atom is -0.406 e. The highest BCUT2D eigenvalue weighted by Gasteiger charge is 2.31. The van der Waals surface area contributed by atoms with Gasteiger partial charge in [-0.1, -0.05) is 30.3 Å². The molecular weight excluding hydrogens is 347 g/mol. The van der Waals surface area contributed by atoms with Crippen LogP contribution in [0.3, 0.4) is 0 Å². The summed E-state index contributed by atoms with van der Waals surface area (Å²) in [7, 11) is 0. The van der Waals surface area contributed by atoms with Crippen molar-refractivity contribution in [2.75, 3.05) is 6.54 Å². The van der Waals surface area contributed by atoms with Crippen LogP contribution < -0.4 is 10.1 Å². The predicted molar refractivity (Wildman–Crippen MR) is 90.8 cm³/mol. The smallest absolute Gasteiger partial charge is 0.406 e. The van der Waals surface area contributed by atoms with Crippen molar-refractivity contribution in [1.82, 2.24) is 5.32 Å². The highest BCUT2D eigenvalue weighted by molar-refractivity contribution is 5.94. The fraction of sp³-hybridized carbons (Fsp3) is 0.316. The van der Waals surface area contributed by atoms with Crippen molar-refractivity contribution in [1.29, 1.82) is 0 Å². The number of halogens is 3. The topological polar surface area (TPSA) is 58.6 Å². The largest absolute Gasteiger partial charge is 0.573 e. The molecule has 2 aromatic carbocycles. The van der Waals surface area contributed by atoms with Gasteiger partial charge < -0.3 is 15.2 Å². The van der Waals surface area contributed by atoms with Gasteiger partial charge in [0.1, 0.15) is 5.75 Å². The Balaban J connectivity index is 1.84. The predicted octanol–water partition coefficient (Wildman–Crippen LogP) is 3.70. The summed E-state index contributed by atoms with van der Waals surface area (Å²) in [5, 5.41) is 13.0. The number of rotatable bonds is 7. The van der Waals surface area contributed by atoms with Crippen molar-refractivity contribution in [2.24, 2.45) is 0 Å². The van der Waals surface area contributed by atoms with E-state index >= 15 is 0 Å². The van der Waals surface area contributed by atoms with E-state index in [1.54, 1.807) is 6.92 Å². The third kappa shape index (κ3) is 6.76. The molecule has 2 aromatic rings. The second kappa shape index (κ2) is 8.23. The Morgan fingerprint density at radius 1 is 1.08 bits per heavy atom. The van der Waals surface area contributed by atoms with Crippen LogP contribution in [0.1, 0.15) is 29.3 Å². The molecule has 0 aliphatic rings. The van der Waals surface area contributed by atoms with Gasteiger partial charge in [-0.3, -0.25) is 4.79 Å². The monoisotopic (exact) mass is 367 g/mol. The van der Waals surface area contributed by atoms with Crippen molar-refractivity contribution < 1.29 is 27.8 Å². The van der Waals surface area contributed by atoms with Crippen LogP contribution in [0.2, 0.25) is 0 Å². The summed E-state index contributed by atoms with van der Waals surface area (Å²) in [5.41, 5.74) is 0.155. The second-order valence-electron chi connectivity index (χ2n) is 6.24. The molecule has 0 bridgehead atoms. The first-order valence-corrected chi connectivity index (χ1v) is 8.05. The van der Waals surface area contributed by atoms with E-state index in [0.717, 1.165) is 17.7 Å². The van der Waals surface area contributed by atoms with Crippen LogP contribution in [0, 0.1) is 0 Å². The van der Waals surface area contributed by atoms with Gasteiger partial charge in [-0.25, -0.2) is 0 Å². The van der Waals surface area contributed by atoms with Crippen molar-refractivity contribution in [2.45, 2.75) is 31.7 Å². The van der Waals surface area contributed by atoms with Crippen LogP contribution in [0.4, 0.5) is 13.2 Å². The molecule has 0 radical (unpaired) electrons. The normalized spacial score (nSPS) is 13.7. The lowest BCUT2D eigenvalue weighted by Crippen LogP contribution is -2.41. The molecule has 140 valence electrons. The van der Waals surface area contributed by atoms with Gasteiger partial charge in [0.15, 0.2) is 0 Å². The van der Waals surface area contributed by atoms with Crippen LogP contribution >= 0.6 is 0 Å². The second-order valence-corrected chi connectivity index (χ2v) is 6.24. The Labute approximate surface area is 149 Å². The van der Waals surface area contributed by atoms with Gasteiger partial charge in [-0.2, -0.15) is 0 Å². The minimum absolute atomic E-state index is 0.0273. The van der Waals surface area contributed by atoms with Gasteiger partial charge in [0.25, 0.3) is 5.91 Å². The van der Waals surface area contributed by atoms with E-state index in [1.165, 1.54) is 12.1 Å². The van der Waals surface area contributed by atoms with Gasteiger partial charge >= 0.3 is 6.36 Å². The lowest BCUT2D eigenvalue weighted by molar-refractivity contribution is -0.274. The highest BCUT2D eigenvalue weighted by atomic mass is 19.4. The molecule has 4 nitrogen and oxygen atoms in total. The standard InChI is InChI=1S/C19H20F3NO3/c1-18(25,12-11-14-5-3-2-4-6-14)13-23-17(24)15-7-9-16(10-8-15)26-19(20,21)22/h2-10,25H,11-13H2,1H3,(H,23,24)/t18-/m1/s1. The molecule has 0 unspecified atom stereocenters. The molecule has 0 saturated carbocycles. The Kier molecular flexibility index (Phi) is 6.26. The fourth-order valence-electron chi connectivity index (χ4n) is 2.33. The van der Waals surface area contributed by atoms with Gasteiger partial charge in [0, 0.05) is 12.1 Å². The van der Waals surface area contributed by atoms with E-state index in [1.807, 2.05) is 30.3 Å². The number of aryl methyl sites for hydroxylation is 1. The summed E-state index contributed by atoms with van der Waals surface area (Å²) < 4.78 is 40.1. The van der Waals surface area contributed by atoms with E-state index in [-0.39, 0.29) is 12.1 Å². The zero-order valence-corrected chi connectivity index (χ0v) is 14.2. The average Bonchev–Trinajstić information content (AvgIpc) is 2.58. The van der Waals surface area contributed by atoms with Gasteiger partial charge in [-0.15, -0.1) is 13.2 Å². The van der Waals surface area contributed by atoms with Crippen molar-refractivity contribution in [3.63, 3.8) is 0 Å². The molecule has 1 atom stereocenters. The van der Waals surface area contributed by atoms with Crippen LogP contribution in [-0.4, -0.2) is 29.5 Å². The van der Waals surface area contributed by atoms with Crippen LogP contribution in [-0.2, 0) is 6.42 Å². The summed E-state index contributed by atoms with van der Waals surface area (Å²) >= 11 is 0. The van der Waals surface area contributed by atoms with Crippen LogP contribution in [0.25, 0.3) is 0 Å². The summed E-state index contributed by atoms with van der Waals surface area (Å²) in [4.78, 5) is 12.1. The summed E-state index contributed by atoms with van der Waals surface area (Å²) in [6.45, 7) is 1.65. The van der Waals surface area contributed by atoms with Gasteiger partial charge in [0.05, 0.1) is 5.60 Å². The van der Waals surface area contributed by atoms with Gasteiger partial charge in [0.2, 0.25) is 0 Å². The maximum atomic E-state index is 12.1. The number of nitrogens with one attached hydrogen (secondary N) is 1. The molecule has 0 aliphatic heterocycles. The summed E-state index contributed by atoms with van der Waals surface area (Å²) in [5.74, 6) is -0.882. The number of benzene rings is 2. The maximum absolute atomic E-state index is 12.1. The Hall–Kier alpha value is -2.54. The molecular formula is C19H20F3NO3. The zero-order chi connectivity index (χ0) is 19.2. The number of aliphatic hydroxyl groups is 1. The molecule has 7 heteroatoms. The van der Waals surface area contributed by atoms with Crippen molar-refractivity contribution in [3.05, 3.63) is 65.7 Å². The average molecular weight is 367 g/mol. The summed E-state index contributed by atoms with van der Waals surface area (Å²) in [6, 6.07) is 14.2. The number of ether oxygens (including phenoxy) is 1. The quantitative estimate of drug-likeness (QED) is 0.785. The molecule has 0 heterocycles. The molecule has 0 aliphatic carbocycles. The van der Waals surface area contributed by atoms with E-state index in [4.69, 9.17) is 0 Å². The first-order valence-electron chi connectivity index (χ1n) is 8.05. The molecule has 0 aromatic heterocycles. The number of alkyl halides is 3. The zero-order valence-electron chi connectivity index (χ0n) is 14.2. The Bertz CT molecular complexity index is 713.